The van der Waals surface area contributed by atoms with Gasteiger partial charge < -0.3 is 5.21 Å². The Morgan fingerprint density at radius 1 is 0.806 bits per heavy atom. The Balaban J connectivity index is 1.82. The van der Waals surface area contributed by atoms with Crippen molar-refractivity contribution < 1.29 is 14.3 Å². The lowest BCUT2D eigenvalue weighted by Gasteiger charge is -2.44. The number of Topliss-reactive ketones (excluding diaryl/α,β-unsaturated/α-hetero) is 2. The number of hydrogen-bond acceptors (Lipinski definition) is 3. The number of carbonyl (C=O) groups is 2. The van der Waals surface area contributed by atoms with Gasteiger partial charge in [-0.3, -0.25) is 9.59 Å². The van der Waals surface area contributed by atoms with Crippen LogP contribution in [0.1, 0.15) is 68.9 Å². The van der Waals surface area contributed by atoms with Gasteiger partial charge in [0.15, 0.2) is 5.41 Å². The van der Waals surface area contributed by atoms with Crippen LogP contribution in [0.15, 0.2) is 60.7 Å². The second-order valence-electron chi connectivity index (χ2n) is 9.43. The summed E-state index contributed by atoms with van der Waals surface area (Å²) in [6.07, 6.45) is 6.81. The smallest absolute Gasteiger partial charge is 0.245 e. The van der Waals surface area contributed by atoms with Gasteiger partial charge in [0, 0.05) is 18.8 Å². The first-order valence-electron chi connectivity index (χ1n) is 11.6. The van der Waals surface area contributed by atoms with E-state index in [4.69, 9.17) is 0 Å². The molecule has 5 rings (SSSR count). The molecule has 4 nitrogen and oxygen atoms in total. The molecule has 0 saturated heterocycles. The van der Waals surface area contributed by atoms with Crippen LogP contribution < -0.4 is 0 Å². The fraction of sp³-hybridized carbons (Fsp3) is 0.444. The van der Waals surface area contributed by atoms with E-state index in [-0.39, 0.29) is 23.9 Å². The molecule has 2 saturated carbocycles. The SMILES string of the molecule is O=C1CCCC2(C1)[N+]([O-])=C(C1CCCCC1)C(=O)C2(c1ccccc1)c1ccccc1. The monoisotopic (exact) mass is 415 g/mol. The minimum absolute atomic E-state index is 0.0121. The topological polar surface area (TPSA) is 60.2 Å². The summed E-state index contributed by atoms with van der Waals surface area (Å²) in [7, 11) is 0. The van der Waals surface area contributed by atoms with Crippen LogP contribution in [0.2, 0.25) is 0 Å². The first-order valence-corrected chi connectivity index (χ1v) is 11.6. The van der Waals surface area contributed by atoms with Crippen molar-refractivity contribution >= 4 is 17.3 Å². The van der Waals surface area contributed by atoms with Crippen molar-refractivity contribution in [2.24, 2.45) is 5.92 Å². The summed E-state index contributed by atoms with van der Waals surface area (Å²) in [6, 6.07) is 19.4. The Labute approximate surface area is 183 Å². The summed E-state index contributed by atoms with van der Waals surface area (Å²) in [4.78, 5) is 27.4. The summed E-state index contributed by atoms with van der Waals surface area (Å²) in [5.74, 6) is -0.00974. The molecule has 2 aliphatic carbocycles. The maximum Gasteiger partial charge on any atom is 0.245 e. The number of hydrogen-bond donors (Lipinski definition) is 0. The number of benzene rings is 2. The molecule has 31 heavy (non-hydrogen) atoms. The van der Waals surface area contributed by atoms with Crippen molar-refractivity contribution in [3.8, 4) is 0 Å². The summed E-state index contributed by atoms with van der Waals surface area (Å²) in [6.45, 7) is 0. The van der Waals surface area contributed by atoms with Crippen LogP contribution in [0.25, 0.3) is 0 Å². The average Bonchev–Trinajstić information content (AvgIpc) is 2.99. The summed E-state index contributed by atoms with van der Waals surface area (Å²) in [5.41, 5.74) is -0.170. The van der Waals surface area contributed by atoms with Gasteiger partial charge in [-0.25, -0.2) is 0 Å². The zero-order chi connectivity index (χ0) is 21.5. The lowest BCUT2D eigenvalue weighted by molar-refractivity contribution is -0.554. The molecule has 0 N–H and O–H groups in total. The second kappa shape index (κ2) is 7.74. The van der Waals surface area contributed by atoms with Gasteiger partial charge in [-0.2, -0.15) is 4.74 Å². The van der Waals surface area contributed by atoms with Crippen LogP contribution in [0.3, 0.4) is 0 Å². The predicted octanol–water partition coefficient (Wildman–Crippen LogP) is 4.97. The molecule has 0 radical (unpaired) electrons. The van der Waals surface area contributed by atoms with E-state index in [1.807, 2.05) is 60.7 Å². The Hall–Kier alpha value is -2.75. The van der Waals surface area contributed by atoms with E-state index in [2.05, 4.69) is 0 Å². The Kier molecular flexibility index (Phi) is 5.04. The largest absolute Gasteiger partial charge is 0.623 e. The molecular weight excluding hydrogens is 386 g/mol. The molecule has 2 aromatic carbocycles. The summed E-state index contributed by atoms with van der Waals surface area (Å²) < 4.78 is 1.04. The van der Waals surface area contributed by atoms with Gasteiger partial charge in [-0.1, -0.05) is 79.9 Å². The zero-order valence-electron chi connectivity index (χ0n) is 17.9. The molecule has 4 heteroatoms. The quantitative estimate of drug-likeness (QED) is 0.525. The third-order valence-electron chi connectivity index (χ3n) is 7.82. The highest BCUT2D eigenvalue weighted by Crippen LogP contribution is 2.55. The minimum Gasteiger partial charge on any atom is -0.623 e. The van der Waals surface area contributed by atoms with Gasteiger partial charge in [0.05, 0.1) is 6.42 Å². The maximum atomic E-state index is 14.5. The molecule has 1 spiro atoms. The molecule has 2 fully saturated rings. The molecular formula is C27H29NO3. The standard InChI is InChI=1S/C27H29NO3/c29-23-17-10-18-26(19-23)27(21-13-6-2-7-14-21,22-15-8-3-9-16-22)25(30)24(28(26)31)20-11-4-1-5-12-20/h2-3,6-9,13-16,20H,1,4-5,10-12,17-19H2. The first kappa shape index (κ1) is 20.2. The number of hydroxylamine groups is 1. The molecule has 2 aromatic rings. The number of nitrogens with zero attached hydrogens (tertiary/aromatic N) is 1. The Bertz CT molecular complexity index is 981. The van der Waals surface area contributed by atoms with Crippen molar-refractivity contribution in [1.29, 1.82) is 0 Å². The van der Waals surface area contributed by atoms with Crippen molar-refractivity contribution in [2.75, 3.05) is 0 Å². The van der Waals surface area contributed by atoms with Gasteiger partial charge in [0.2, 0.25) is 17.0 Å². The van der Waals surface area contributed by atoms with Gasteiger partial charge in [-0.15, -0.1) is 0 Å². The van der Waals surface area contributed by atoms with Crippen LogP contribution in [-0.2, 0) is 15.0 Å². The average molecular weight is 416 g/mol. The molecule has 160 valence electrons. The molecule has 0 bridgehead atoms. The fourth-order valence-electron chi connectivity index (χ4n) is 6.52. The van der Waals surface area contributed by atoms with Crippen LogP contribution in [-0.4, -0.2) is 27.6 Å². The maximum absolute atomic E-state index is 14.5. The summed E-state index contributed by atoms with van der Waals surface area (Å²) >= 11 is 0. The van der Waals surface area contributed by atoms with E-state index in [0.29, 0.717) is 25.0 Å². The zero-order valence-corrected chi connectivity index (χ0v) is 17.9. The molecule has 1 unspecified atom stereocenters. The van der Waals surface area contributed by atoms with Gasteiger partial charge in [-0.05, 0) is 30.4 Å². The van der Waals surface area contributed by atoms with Crippen molar-refractivity contribution in [3.63, 3.8) is 0 Å². The fourth-order valence-corrected chi connectivity index (χ4v) is 6.52. The molecule has 1 heterocycles. The predicted molar refractivity (Wildman–Crippen MR) is 120 cm³/mol. The summed E-state index contributed by atoms with van der Waals surface area (Å²) in [5, 5.41) is 14.2. The Morgan fingerprint density at radius 2 is 1.39 bits per heavy atom. The van der Waals surface area contributed by atoms with Crippen molar-refractivity contribution in [3.05, 3.63) is 77.0 Å². The van der Waals surface area contributed by atoms with E-state index >= 15 is 0 Å². The van der Waals surface area contributed by atoms with Gasteiger partial charge in [0.1, 0.15) is 5.78 Å². The second-order valence-corrected chi connectivity index (χ2v) is 9.43. The van der Waals surface area contributed by atoms with Crippen LogP contribution in [0, 0.1) is 11.1 Å². The number of carbonyl (C=O) groups excluding carboxylic acids is 2. The molecule has 3 aliphatic rings. The molecule has 1 aliphatic heterocycles. The third-order valence-corrected chi connectivity index (χ3v) is 7.82. The van der Waals surface area contributed by atoms with E-state index in [1.54, 1.807) is 0 Å². The minimum atomic E-state index is -1.15. The normalized spacial score (nSPS) is 26.6. The van der Waals surface area contributed by atoms with Crippen LogP contribution in [0.4, 0.5) is 0 Å². The first-order chi connectivity index (χ1) is 15.1. The lowest BCUT2D eigenvalue weighted by Crippen LogP contribution is -2.59. The highest BCUT2D eigenvalue weighted by atomic mass is 16.5. The van der Waals surface area contributed by atoms with Gasteiger partial charge >= 0.3 is 0 Å². The van der Waals surface area contributed by atoms with Crippen LogP contribution >= 0.6 is 0 Å². The highest BCUT2D eigenvalue weighted by molar-refractivity contribution is 6.44. The lowest BCUT2D eigenvalue weighted by atomic mass is 9.55. The van der Waals surface area contributed by atoms with Gasteiger partial charge in [0.25, 0.3) is 0 Å². The third kappa shape index (κ3) is 2.84. The van der Waals surface area contributed by atoms with E-state index in [0.717, 1.165) is 48.0 Å². The van der Waals surface area contributed by atoms with Crippen LogP contribution in [0.5, 0.6) is 0 Å². The molecule has 0 amide bonds. The Morgan fingerprint density at radius 3 is 1.94 bits per heavy atom. The molecule has 0 aromatic heterocycles. The van der Waals surface area contributed by atoms with E-state index < -0.39 is 11.0 Å². The van der Waals surface area contributed by atoms with Crippen molar-refractivity contribution in [2.45, 2.75) is 68.7 Å². The highest BCUT2D eigenvalue weighted by Gasteiger charge is 2.72. The number of ketones is 2. The number of rotatable bonds is 3. The van der Waals surface area contributed by atoms with Crippen molar-refractivity contribution in [1.82, 2.24) is 0 Å². The molecule has 1 atom stereocenters. The van der Waals surface area contributed by atoms with E-state index in [9.17, 15) is 14.8 Å². The van der Waals surface area contributed by atoms with E-state index in [1.165, 1.54) is 0 Å².